The van der Waals surface area contributed by atoms with E-state index in [9.17, 15) is 9.59 Å². The molecule has 1 aromatic rings. The van der Waals surface area contributed by atoms with E-state index in [0.717, 1.165) is 37.8 Å². The molecule has 7 atom stereocenters. The number of benzene rings is 1. The Morgan fingerprint density at radius 2 is 1.94 bits per heavy atom. The molecule has 1 aromatic carbocycles. The molecule has 4 aliphatic rings. The molecule has 2 amide bonds. The van der Waals surface area contributed by atoms with Gasteiger partial charge in [0.2, 0.25) is 11.8 Å². The van der Waals surface area contributed by atoms with Gasteiger partial charge in [-0.25, -0.2) is 0 Å². The van der Waals surface area contributed by atoms with Crippen molar-refractivity contribution in [2.75, 3.05) is 12.4 Å². The second-order valence-corrected chi connectivity index (χ2v) is 11.2. The molecule has 0 radical (unpaired) electrons. The normalized spacial score (nSPS) is 41.4. The maximum atomic E-state index is 13.3. The van der Waals surface area contributed by atoms with Crippen LogP contribution in [0.3, 0.4) is 0 Å². The summed E-state index contributed by atoms with van der Waals surface area (Å²) in [6.45, 7) is 4.73. The van der Waals surface area contributed by atoms with E-state index in [1.165, 1.54) is 6.42 Å². The van der Waals surface area contributed by atoms with Crippen molar-refractivity contribution in [3.05, 3.63) is 41.4 Å². The number of carbonyl (C=O) groups is 2. The van der Waals surface area contributed by atoms with Gasteiger partial charge in [0.1, 0.15) is 0 Å². The van der Waals surface area contributed by atoms with Gasteiger partial charge in [0.15, 0.2) is 0 Å². The van der Waals surface area contributed by atoms with E-state index in [2.05, 4.69) is 25.2 Å². The first-order chi connectivity index (χ1) is 14.7. The van der Waals surface area contributed by atoms with Gasteiger partial charge in [-0.15, -0.1) is 0 Å². The molecule has 0 bridgehead atoms. The smallest absolute Gasteiger partial charge is 0.246 e. The molecule has 5 rings (SSSR count). The number of carbonyl (C=O) groups excluding carboxylic acids is 2. The van der Waals surface area contributed by atoms with Crippen molar-refractivity contribution in [3.8, 4) is 0 Å². The highest BCUT2D eigenvalue weighted by atomic mass is 35.5. The standard InChI is InChI=1S/C26H33ClN2O2/c1-25-13-11-20-18(7-10-22-26(20,2)14-12-23(30)29(22)3)19(25)8-9-21(25)24(31)28-17-6-4-5-16(27)15-17/h4-6,12,14-15,18-22H,7-11,13H2,1-3H3,(H,28,31)/t18-,19-,20+,21?,22?,25-,26+/m0/s1. The average molecular weight is 441 g/mol. The molecule has 0 spiro atoms. The molecule has 4 nitrogen and oxygen atoms in total. The first-order valence-electron chi connectivity index (χ1n) is 11.8. The quantitative estimate of drug-likeness (QED) is 0.656. The predicted octanol–water partition coefficient (Wildman–Crippen LogP) is 5.53. The van der Waals surface area contributed by atoms with Crippen LogP contribution in [0.25, 0.3) is 0 Å². The molecule has 31 heavy (non-hydrogen) atoms. The third kappa shape index (κ3) is 3.16. The van der Waals surface area contributed by atoms with E-state index in [1.807, 2.05) is 36.2 Å². The Morgan fingerprint density at radius 1 is 1.13 bits per heavy atom. The highest BCUT2D eigenvalue weighted by Gasteiger charge is 2.61. The van der Waals surface area contributed by atoms with Crippen molar-refractivity contribution in [1.29, 1.82) is 0 Å². The first kappa shape index (κ1) is 21.1. The number of hydrogen-bond acceptors (Lipinski definition) is 2. The molecule has 3 saturated carbocycles. The van der Waals surface area contributed by atoms with Crippen LogP contribution in [0.1, 0.15) is 52.4 Å². The van der Waals surface area contributed by atoms with Gasteiger partial charge in [-0.2, -0.15) is 0 Å². The lowest BCUT2D eigenvalue weighted by atomic mass is 9.47. The fraction of sp³-hybridized carbons (Fsp3) is 0.615. The van der Waals surface area contributed by atoms with Gasteiger partial charge in [-0.05, 0) is 86.0 Å². The fourth-order valence-corrected chi connectivity index (χ4v) is 8.15. The molecule has 0 saturated heterocycles. The van der Waals surface area contributed by atoms with Crippen molar-refractivity contribution >= 4 is 29.1 Å². The van der Waals surface area contributed by atoms with Crippen molar-refractivity contribution in [1.82, 2.24) is 4.90 Å². The molecule has 3 fully saturated rings. The molecule has 2 unspecified atom stereocenters. The van der Waals surface area contributed by atoms with Crippen LogP contribution in [0, 0.1) is 34.5 Å². The molecule has 0 aromatic heterocycles. The van der Waals surface area contributed by atoms with Crippen LogP contribution in [0.15, 0.2) is 36.4 Å². The summed E-state index contributed by atoms with van der Waals surface area (Å²) in [4.78, 5) is 27.5. The topological polar surface area (TPSA) is 49.4 Å². The zero-order valence-electron chi connectivity index (χ0n) is 18.7. The van der Waals surface area contributed by atoms with Gasteiger partial charge < -0.3 is 10.2 Å². The largest absolute Gasteiger partial charge is 0.338 e. The zero-order chi connectivity index (χ0) is 22.0. The Kier molecular flexibility index (Phi) is 5.00. The van der Waals surface area contributed by atoms with Crippen LogP contribution >= 0.6 is 11.6 Å². The summed E-state index contributed by atoms with van der Waals surface area (Å²) < 4.78 is 0. The second-order valence-electron chi connectivity index (χ2n) is 10.8. The van der Waals surface area contributed by atoms with Gasteiger partial charge in [-0.1, -0.05) is 37.6 Å². The fourth-order valence-electron chi connectivity index (χ4n) is 7.96. The molecule has 1 heterocycles. The summed E-state index contributed by atoms with van der Waals surface area (Å²) >= 11 is 6.11. The number of amides is 2. The zero-order valence-corrected chi connectivity index (χ0v) is 19.5. The maximum Gasteiger partial charge on any atom is 0.246 e. The Labute approximate surface area is 190 Å². The lowest BCUT2D eigenvalue weighted by Gasteiger charge is -2.60. The van der Waals surface area contributed by atoms with Gasteiger partial charge >= 0.3 is 0 Å². The first-order valence-corrected chi connectivity index (χ1v) is 12.1. The van der Waals surface area contributed by atoms with E-state index in [4.69, 9.17) is 11.6 Å². The van der Waals surface area contributed by atoms with Crippen molar-refractivity contribution < 1.29 is 9.59 Å². The number of likely N-dealkylation sites (N-methyl/N-ethyl adjacent to an activating group) is 1. The molecule has 1 aliphatic heterocycles. The molecular weight excluding hydrogens is 408 g/mol. The Hall–Kier alpha value is -1.81. The third-order valence-electron chi connectivity index (χ3n) is 9.54. The van der Waals surface area contributed by atoms with E-state index < -0.39 is 0 Å². The Bertz CT molecular complexity index is 945. The van der Waals surface area contributed by atoms with E-state index >= 15 is 0 Å². The number of anilines is 1. The number of nitrogens with zero attached hydrogens (tertiary/aromatic N) is 1. The van der Waals surface area contributed by atoms with Crippen molar-refractivity contribution in [2.24, 2.45) is 34.5 Å². The van der Waals surface area contributed by atoms with Gasteiger partial charge in [0, 0.05) is 35.1 Å². The van der Waals surface area contributed by atoms with Crippen molar-refractivity contribution in [3.63, 3.8) is 0 Å². The minimum absolute atomic E-state index is 0.0487. The monoisotopic (exact) mass is 440 g/mol. The molecule has 5 heteroatoms. The molecule has 3 aliphatic carbocycles. The SMILES string of the molecule is CN1C(=O)C=C[C@@]2(C)C1CC[C@@H]1[C@H]2CC[C@]2(C)C(C(=O)Nc3cccc(Cl)c3)CC[C@@H]12. The van der Waals surface area contributed by atoms with Crippen molar-refractivity contribution in [2.45, 2.75) is 58.4 Å². The number of nitrogens with one attached hydrogen (secondary N) is 1. The molecule has 166 valence electrons. The van der Waals surface area contributed by atoms with E-state index in [1.54, 1.807) is 6.08 Å². The van der Waals surface area contributed by atoms with Crippen LogP contribution in [0.2, 0.25) is 5.02 Å². The molecule has 1 N–H and O–H groups in total. The summed E-state index contributed by atoms with van der Waals surface area (Å²) in [7, 11) is 1.97. The maximum absolute atomic E-state index is 13.3. The van der Waals surface area contributed by atoms with Gasteiger partial charge in [0.25, 0.3) is 0 Å². The van der Waals surface area contributed by atoms with Crippen LogP contribution in [-0.4, -0.2) is 29.8 Å². The second kappa shape index (κ2) is 7.37. The Morgan fingerprint density at radius 3 is 2.71 bits per heavy atom. The van der Waals surface area contributed by atoms with E-state index in [0.29, 0.717) is 28.8 Å². The number of hydrogen-bond donors (Lipinski definition) is 1. The summed E-state index contributed by atoms with van der Waals surface area (Å²) in [5, 5.41) is 3.78. The third-order valence-corrected chi connectivity index (χ3v) is 9.77. The number of halogens is 1. The molecular formula is C26H33ClN2O2. The van der Waals surface area contributed by atoms with Crippen LogP contribution in [0.4, 0.5) is 5.69 Å². The van der Waals surface area contributed by atoms with Crippen LogP contribution < -0.4 is 5.32 Å². The van der Waals surface area contributed by atoms with Crippen LogP contribution in [0.5, 0.6) is 0 Å². The van der Waals surface area contributed by atoms with Gasteiger partial charge in [0.05, 0.1) is 0 Å². The van der Waals surface area contributed by atoms with Crippen LogP contribution in [-0.2, 0) is 9.59 Å². The summed E-state index contributed by atoms with van der Waals surface area (Å²) in [5.41, 5.74) is 0.882. The average Bonchev–Trinajstić information content (AvgIpc) is 3.08. The summed E-state index contributed by atoms with van der Waals surface area (Å²) in [6.07, 6.45) is 10.6. The highest BCUT2D eigenvalue weighted by Crippen LogP contribution is 2.65. The summed E-state index contributed by atoms with van der Waals surface area (Å²) in [6, 6.07) is 7.73. The lowest BCUT2D eigenvalue weighted by molar-refractivity contribution is -0.141. The minimum atomic E-state index is 0.0487. The number of rotatable bonds is 2. The van der Waals surface area contributed by atoms with E-state index in [-0.39, 0.29) is 28.6 Å². The Balaban J connectivity index is 1.38. The predicted molar refractivity (Wildman–Crippen MR) is 124 cm³/mol. The minimum Gasteiger partial charge on any atom is -0.338 e. The summed E-state index contributed by atoms with van der Waals surface area (Å²) in [5.74, 6) is 2.14. The van der Waals surface area contributed by atoms with Gasteiger partial charge in [-0.3, -0.25) is 9.59 Å². The lowest BCUT2D eigenvalue weighted by Crippen LogP contribution is -2.59. The highest BCUT2D eigenvalue weighted by molar-refractivity contribution is 6.30. The number of fused-ring (bicyclic) bond motifs is 5.